The van der Waals surface area contributed by atoms with Crippen molar-refractivity contribution in [2.45, 2.75) is 18.7 Å². The van der Waals surface area contributed by atoms with Gasteiger partial charge in [0.25, 0.3) is 0 Å². The van der Waals surface area contributed by atoms with Crippen molar-refractivity contribution in [3.8, 4) is 16.9 Å². The first-order valence-electron chi connectivity index (χ1n) is 11.1. The van der Waals surface area contributed by atoms with Gasteiger partial charge in [-0.3, -0.25) is 4.79 Å². The van der Waals surface area contributed by atoms with Crippen LogP contribution < -0.4 is 4.74 Å². The van der Waals surface area contributed by atoms with E-state index in [4.69, 9.17) is 4.74 Å². The smallest absolute Gasteiger partial charge is 0.345 e. The Labute approximate surface area is 197 Å². The molecule has 0 radical (unpaired) electrons. The summed E-state index contributed by atoms with van der Waals surface area (Å²) in [4.78, 5) is 32.2. The van der Waals surface area contributed by atoms with E-state index in [2.05, 4.69) is 34.2 Å². The molecule has 2 heterocycles. The number of urea groups is 1. The van der Waals surface area contributed by atoms with E-state index in [1.165, 1.54) is 10.5 Å². The number of rotatable bonds is 6. The summed E-state index contributed by atoms with van der Waals surface area (Å²) in [5.41, 5.74) is 5.32. The molecule has 172 valence electrons. The standard InChI is InChI=1S/C27H25N3O4/c1-29(2)15-17-8-10-18(11-9-17)20-12-13-22-21(14-20)25-26(34-22)24(19-6-4-3-5-7-19)28-27(33)30(25)16-23(31)32/h3-14,25-26H,15-16H2,1-2H3,(H,31,32). The number of carbonyl (C=O) groups is 2. The molecule has 0 bridgehead atoms. The van der Waals surface area contributed by atoms with Gasteiger partial charge in [0.2, 0.25) is 0 Å². The van der Waals surface area contributed by atoms with Crippen LogP contribution in [0.25, 0.3) is 11.1 Å². The number of carboxylic acid groups (broad SMARTS) is 1. The van der Waals surface area contributed by atoms with E-state index in [-0.39, 0.29) is 0 Å². The van der Waals surface area contributed by atoms with Gasteiger partial charge in [0, 0.05) is 17.7 Å². The second-order valence-corrected chi connectivity index (χ2v) is 8.84. The minimum absolute atomic E-state index is 0.447. The summed E-state index contributed by atoms with van der Waals surface area (Å²) in [5.74, 6) is -0.455. The minimum Gasteiger partial charge on any atom is -0.481 e. The summed E-state index contributed by atoms with van der Waals surface area (Å²) in [5, 5.41) is 9.47. The van der Waals surface area contributed by atoms with Gasteiger partial charge in [0.15, 0.2) is 6.10 Å². The fourth-order valence-corrected chi connectivity index (χ4v) is 4.63. The van der Waals surface area contributed by atoms with Crippen molar-refractivity contribution in [3.05, 3.63) is 89.5 Å². The van der Waals surface area contributed by atoms with Gasteiger partial charge in [-0.15, -0.1) is 0 Å². The predicted octanol–water partition coefficient (Wildman–Crippen LogP) is 4.23. The van der Waals surface area contributed by atoms with Crippen LogP contribution in [-0.2, 0) is 11.3 Å². The monoisotopic (exact) mass is 455 g/mol. The molecule has 2 aliphatic heterocycles. The highest BCUT2D eigenvalue weighted by Gasteiger charge is 2.47. The zero-order chi connectivity index (χ0) is 23.8. The molecule has 34 heavy (non-hydrogen) atoms. The topological polar surface area (TPSA) is 82.4 Å². The second kappa shape index (κ2) is 8.76. The van der Waals surface area contributed by atoms with Crippen molar-refractivity contribution in [3.63, 3.8) is 0 Å². The molecular formula is C27H25N3O4. The molecule has 0 fully saturated rings. The normalized spacial score (nSPS) is 18.9. The van der Waals surface area contributed by atoms with Crippen LogP contribution in [0.3, 0.4) is 0 Å². The Balaban J connectivity index is 1.54. The molecule has 0 spiro atoms. The van der Waals surface area contributed by atoms with E-state index in [0.29, 0.717) is 11.5 Å². The van der Waals surface area contributed by atoms with Gasteiger partial charge in [-0.05, 0) is 42.9 Å². The first kappa shape index (κ1) is 21.9. The Morgan fingerprint density at radius 1 is 1.00 bits per heavy atom. The van der Waals surface area contributed by atoms with Crippen LogP contribution in [-0.4, -0.2) is 59.4 Å². The first-order valence-corrected chi connectivity index (χ1v) is 11.1. The Kier molecular flexibility index (Phi) is 5.63. The van der Waals surface area contributed by atoms with Crippen LogP contribution in [0.4, 0.5) is 4.79 Å². The lowest BCUT2D eigenvalue weighted by molar-refractivity contribution is -0.138. The summed E-state index contributed by atoms with van der Waals surface area (Å²) < 4.78 is 6.27. The number of ether oxygens (including phenoxy) is 1. The average molecular weight is 456 g/mol. The Bertz CT molecular complexity index is 1270. The molecule has 7 nitrogen and oxygen atoms in total. The maximum atomic E-state index is 13.0. The second-order valence-electron chi connectivity index (χ2n) is 8.84. The third-order valence-corrected chi connectivity index (χ3v) is 6.10. The zero-order valence-corrected chi connectivity index (χ0v) is 19.0. The van der Waals surface area contributed by atoms with E-state index in [0.717, 1.165) is 28.8 Å². The quantitative estimate of drug-likeness (QED) is 0.602. The summed E-state index contributed by atoms with van der Waals surface area (Å²) in [6.45, 7) is 0.410. The molecule has 2 unspecified atom stereocenters. The third-order valence-electron chi connectivity index (χ3n) is 6.10. The number of amides is 2. The molecular weight excluding hydrogens is 430 g/mol. The average Bonchev–Trinajstić information content (AvgIpc) is 3.20. The highest BCUT2D eigenvalue weighted by molar-refractivity contribution is 6.12. The number of carbonyl (C=O) groups excluding carboxylic acids is 1. The largest absolute Gasteiger partial charge is 0.481 e. The van der Waals surface area contributed by atoms with Crippen molar-refractivity contribution in [1.29, 1.82) is 0 Å². The highest BCUT2D eigenvalue weighted by atomic mass is 16.5. The molecule has 2 aliphatic rings. The molecule has 3 aromatic rings. The van der Waals surface area contributed by atoms with Gasteiger partial charge in [-0.1, -0.05) is 60.7 Å². The van der Waals surface area contributed by atoms with Gasteiger partial charge in [-0.25, -0.2) is 4.79 Å². The van der Waals surface area contributed by atoms with Crippen LogP contribution >= 0.6 is 0 Å². The lowest BCUT2D eigenvalue weighted by Crippen LogP contribution is -2.49. The van der Waals surface area contributed by atoms with Crippen molar-refractivity contribution in [2.24, 2.45) is 4.99 Å². The van der Waals surface area contributed by atoms with Crippen LogP contribution in [0.1, 0.15) is 22.7 Å². The molecule has 7 heteroatoms. The van der Waals surface area contributed by atoms with Crippen molar-refractivity contribution in [1.82, 2.24) is 9.80 Å². The first-order chi connectivity index (χ1) is 16.4. The number of hydrogen-bond acceptors (Lipinski definition) is 4. The van der Waals surface area contributed by atoms with Gasteiger partial charge in [-0.2, -0.15) is 4.99 Å². The number of carboxylic acids is 1. The number of benzene rings is 3. The van der Waals surface area contributed by atoms with E-state index < -0.39 is 30.7 Å². The molecule has 1 N–H and O–H groups in total. The molecule has 0 saturated carbocycles. The zero-order valence-electron chi connectivity index (χ0n) is 19.0. The van der Waals surface area contributed by atoms with E-state index in [9.17, 15) is 14.7 Å². The molecule has 2 amide bonds. The van der Waals surface area contributed by atoms with E-state index in [1.54, 1.807) is 0 Å². The maximum absolute atomic E-state index is 13.0. The van der Waals surface area contributed by atoms with Crippen LogP contribution in [0.15, 0.2) is 77.8 Å². The van der Waals surface area contributed by atoms with Gasteiger partial charge < -0.3 is 19.6 Å². The fourth-order valence-electron chi connectivity index (χ4n) is 4.63. The van der Waals surface area contributed by atoms with Crippen LogP contribution in [0.2, 0.25) is 0 Å². The van der Waals surface area contributed by atoms with Crippen molar-refractivity contribution >= 4 is 17.7 Å². The highest BCUT2D eigenvalue weighted by Crippen LogP contribution is 2.45. The molecule has 3 aromatic carbocycles. The number of nitrogens with zero attached hydrogens (tertiary/aromatic N) is 3. The fraction of sp³-hybridized carbons (Fsp3) is 0.222. The summed E-state index contributed by atoms with van der Waals surface area (Å²) in [6.07, 6.45) is -0.577. The van der Waals surface area contributed by atoms with Crippen molar-refractivity contribution in [2.75, 3.05) is 20.6 Å². The lowest BCUT2D eigenvalue weighted by Gasteiger charge is -2.34. The summed E-state index contributed by atoms with van der Waals surface area (Å²) >= 11 is 0. The molecule has 2 atom stereocenters. The minimum atomic E-state index is -1.09. The number of fused-ring (bicyclic) bond motifs is 3. The molecule has 5 rings (SSSR count). The Hall–Kier alpha value is -3.97. The lowest BCUT2D eigenvalue weighted by atomic mass is 9.91. The maximum Gasteiger partial charge on any atom is 0.345 e. The van der Waals surface area contributed by atoms with Gasteiger partial charge in [0.05, 0.1) is 5.71 Å². The third kappa shape index (κ3) is 4.06. The van der Waals surface area contributed by atoms with Crippen molar-refractivity contribution < 1.29 is 19.4 Å². The van der Waals surface area contributed by atoms with Gasteiger partial charge >= 0.3 is 12.0 Å². The SMILES string of the molecule is CN(C)Cc1ccc(-c2ccc3c(c2)C2C(O3)C(c3ccccc3)=NC(=O)N2CC(=O)O)cc1. The Morgan fingerprint density at radius 3 is 2.38 bits per heavy atom. The summed E-state index contributed by atoms with van der Waals surface area (Å²) in [6, 6.07) is 22.5. The van der Waals surface area contributed by atoms with Crippen LogP contribution in [0, 0.1) is 0 Å². The molecule has 0 aromatic heterocycles. The predicted molar refractivity (Wildman–Crippen MR) is 129 cm³/mol. The number of aliphatic imine (C=N–C) groups is 1. The summed E-state index contributed by atoms with van der Waals surface area (Å²) in [7, 11) is 4.07. The number of aliphatic carboxylic acids is 1. The van der Waals surface area contributed by atoms with Gasteiger partial charge in [0.1, 0.15) is 18.3 Å². The molecule has 0 aliphatic carbocycles. The van der Waals surface area contributed by atoms with E-state index in [1.807, 2.05) is 62.6 Å². The van der Waals surface area contributed by atoms with E-state index >= 15 is 0 Å². The van der Waals surface area contributed by atoms with Crippen LogP contribution in [0.5, 0.6) is 5.75 Å². The molecule has 0 saturated heterocycles. The Morgan fingerprint density at radius 2 is 1.71 bits per heavy atom. The number of hydrogen-bond donors (Lipinski definition) is 1.